The number of unbranched alkanes of at least 4 members (excludes halogenated alkanes) is 9. The molecule has 0 saturated carbocycles. The van der Waals surface area contributed by atoms with Crippen LogP contribution >= 0.6 is 0 Å². The minimum atomic E-state index is 0.281. The summed E-state index contributed by atoms with van der Waals surface area (Å²) in [5, 5.41) is 8.61. The Labute approximate surface area is 120 Å². The number of hydrogen-bond acceptors (Lipinski definition) is 1. The summed E-state index contributed by atoms with van der Waals surface area (Å²) in [5.74, 6) is 0. The third-order valence-corrected chi connectivity index (χ3v) is 3.35. The van der Waals surface area contributed by atoms with E-state index in [0.29, 0.717) is 0 Å². The quantitative estimate of drug-likeness (QED) is 0.311. The first-order valence-electron chi connectivity index (χ1n) is 8.32. The van der Waals surface area contributed by atoms with Crippen LogP contribution in [0.5, 0.6) is 0 Å². The molecule has 0 aromatic carbocycles. The molecule has 0 radical (unpaired) electrons. The van der Waals surface area contributed by atoms with Crippen molar-refractivity contribution in [1.29, 1.82) is 0 Å². The van der Waals surface area contributed by atoms with Gasteiger partial charge in [0.1, 0.15) is 0 Å². The minimum absolute atomic E-state index is 0.281. The van der Waals surface area contributed by atoms with Crippen LogP contribution in [0.2, 0.25) is 0 Å². The van der Waals surface area contributed by atoms with Gasteiger partial charge in [-0.1, -0.05) is 69.8 Å². The van der Waals surface area contributed by atoms with Gasteiger partial charge in [0, 0.05) is 6.61 Å². The topological polar surface area (TPSA) is 20.2 Å². The Bertz CT molecular complexity index is 206. The van der Waals surface area contributed by atoms with Crippen molar-refractivity contribution in [3.05, 3.63) is 24.3 Å². The summed E-state index contributed by atoms with van der Waals surface area (Å²) >= 11 is 0. The fourth-order valence-electron chi connectivity index (χ4n) is 2.10. The smallest absolute Gasteiger partial charge is 0.0465 e. The molecule has 0 rings (SSSR count). The molecule has 0 atom stereocenters. The van der Waals surface area contributed by atoms with Crippen molar-refractivity contribution in [1.82, 2.24) is 0 Å². The maximum absolute atomic E-state index is 8.61. The van der Waals surface area contributed by atoms with Gasteiger partial charge >= 0.3 is 0 Å². The van der Waals surface area contributed by atoms with Crippen molar-refractivity contribution in [3.63, 3.8) is 0 Å². The third kappa shape index (κ3) is 17.4. The van der Waals surface area contributed by atoms with Gasteiger partial charge in [0.15, 0.2) is 0 Å². The van der Waals surface area contributed by atoms with E-state index in [2.05, 4.69) is 31.2 Å². The average Bonchev–Trinajstić information content (AvgIpc) is 2.43. The second-order valence-electron chi connectivity index (χ2n) is 5.30. The van der Waals surface area contributed by atoms with Crippen molar-refractivity contribution >= 4 is 0 Å². The van der Waals surface area contributed by atoms with Crippen LogP contribution in [0.1, 0.15) is 84.0 Å². The maximum atomic E-state index is 8.61. The number of aliphatic hydroxyl groups excluding tert-OH is 1. The van der Waals surface area contributed by atoms with E-state index >= 15 is 0 Å². The lowest BCUT2D eigenvalue weighted by Crippen LogP contribution is -1.80. The number of aliphatic hydroxyl groups is 1. The summed E-state index contributed by atoms with van der Waals surface area (Å²) < 4.78 is 0. The van der Waals surface area contributed by atoms with Crippen molar-refractivity contribution in [2.75, 3.05) is 6.61 Å². The van der Waals surface area contributed by atoms with E-state index in [-0.39, 0.29) is 6.61 Å². The summed E-state index contributed by atoms with van der Waals surface area (Å²) in [4.78, 5) is 0. The Morgan fingerprint density at radius 2 is 1.00 bits per heavy atom. The molecule has 1 N–H and O–H groups in total. The molecule has 0 fully saturated rings. The van der Waals surface area contributed by atoms with Crippen LogP contribution in [0, 0.1) is 0 Å². The SMILES string of the molecule is CCCC/C=C/CCCCCCCC/C=C\CCO. The van der Waals surface area contributed by atoms with Gasteiger partial charge < -0.3 is 5.11 Å². The zero-order valence-electron chi connectivity index (χ0n) is 12.9. The highest BCUT2D eigenvalue weighted by atomic mass is 16.2. The molecule has 0 bridgehead atoms. The molecule has 0 aliphatic rings. The molecule has 0 heterocycles. The summed E-state index contributed by atoms with van der Waals surface area (Å²) in [7, 11) is 0. The first-order chi connectivity index (χ1) is 9.41. The average molecular weight is 266 g/mol. The summed E-state index contributed by atoms with van der Waals surface area (Å²) in [6.07, 6.45) is 24.4. The van der Waals surface area contributed by atoms with E-state index in [1.165, 1.54) is 70.6 Å². The molecule has 0 aromatic heterocycles. The Morgan fingerprint density at radius 3 is 1.47 bits per heavy atom. The molecule has 0 saturated heterocycles. The van der Waals surface area contributed by atoms with E-state index in [1.54, 1.807) is 0 Å². The van der Waals surface area contributed by atoms with Crippen LogP contribution in [0.3, 0.4) is 0 Å². The van der Waals surface area contributed by atoms with Crippen LogP contribution in [0.4, 0.5) is 0 Å². The summed E-state index contributed by atoms with van der Waals surface area (Å²) in [6.45, 7) is 2.53. The minimum Gasteiger partial charge on any atom is -0.396 e. The molecule has 0 spiro atoms. The predicted octanol–water partition coefficient (Wildman–Crippen LogP) is 5.79. The predicted molar refractivity (Wildman–Crippen MR) is 86.4 cm³/mol. The Kier molecular flexibility index (Phi) is 16.9. The highest BCUT2D eigenvalue weighted by molar-refractivity contribution is 4.81. The molecule has 0 amide bonds. The first-order valence-corrected chi connectivity index (χ1v) is 8.32. The largest absolute Gasteiger partial charge is 0.396 e. The van der Waals surface area contributed by atoms with Gasteiger partial charge in [-0.05, 0) is 38.5 Å². The number of hydrogen-bond donors (Lipinski definition) is 1. The fraction of sp³-hybridized carbons (Fsp3) is 0.778. The van der Waals surface area contributed by atoms with Gasteiger partial charge in [-0.15, -0.1) is 0 Å². The molecular weight excluding hydrogens is 232 g/mol. The highest BCUT2D eigenvalue weighted by Gasteiger charge is 1.90. The lowest BCUT2D eigenvalue weighted by atomic mass is 10.1. The zero-order valence-corrected chi connectivity index (χ0v) is 12.9. The first kappa shape index (κ1) is 18.4. The van der Waals surface area contributed by atoms with E-state index in [4.69, 9.17) is 5.11 Å². The van der Waals surface area contributed by atoms with E-state index in [1.807, 2.05) is 0 Å². The van der Waals surface area contributed by atoms with Crippen LogP contribution in [-0.4, -0.2) is 11.7 Å². The van der Waals surface area contributed by atoms with E-state index in [9.17, 15) is 0 Å². The van der Waals surface area contributed by atoms with Crippen molar-refractivity contribution in [2.45, 2.75) is 84.0 Å². The number of allylic oxidation sites excluding steroid dienone is 3. The van der Waals surface area contributed by atoms with Crippen LogP contribution < -0.4 is 0 Å². The summed E-state index contributed by atoms with van der Waals surface area (Å²) in [5.41, 5.74) is 0. The van der Waals surface area contributed by atoms with Crippen LogP contribution in [0.15, 0.2) is 24.3 Å². The van der Waals surface area contributed by atoms with Gasteiger partial charge in [0.25, 0.3) is 0 Å². The standard InChI is InChI=1S/C18H34O/c1-2-3-4-5-6-7-8-9-10-11-12-13-14-15-16-17-18-19/h5-6,15-16,19H,2-4,7-14,17-18H2,1H3/b6-5+,16-15-. The molecule has 0 aromatic rings. The second kappa shape index (κ2) is 17.4. The molecule has 0 aliphatic carbocycles. The van der Waals surface area contributed by atoms with Crippen LogP contribution in [-0.2, 0) is 0 Å². The molecular formula is C18H34O. The second-order valence-corrected chi connectivity index (χ2v) is 5.30. The van der Waals surface area contributed by atoms with Gasteiger partial charge in [-0.2, -0.15) is 0 Å². The van der Waals surface area contributed by atoms with Crippen LogP contribution in [0.25, 0.3) is 0 Å². The van der Waals surface area contributed by atoms with E-state index in [0.717, 1.165) is 6.42 Å². The van der Waals surface area contributed by atoms with Crippen molar-refractivity contribution in [3.8, 4) is 0 Å². The maximum Gasteiger partial charge on any atom is 0.0465 e. The molecule has 0 unspecified atom stereocenters. The Balaban J connectivity index is 3.04. The van der Waals surface area contributed by atoms with Crippen molar-refractivity contribution in [2.24, 2.45) is 0 Å². The lowest BCUT2D eigenvalue weighted by Gasteiger charge is -1.99. The highest BCUT2D eigenvalue weighted by Crippen LogP contribution is 2.09. The van der Waals surface area contributed by atoms with Crippen molar-refractivity contribution < 1.29 is 5.11 Å². The van der Waals surface area contributed by atoms with Gasteiger partial charge in [0.2, 0.25) is 0 Å². The molecule has 1 heteroatoms. The fourth-order valence-corrected chi connectivity index (χ4v) is 2.10. The third-order valence-electron chi connectivity index (χ3n) is 3.35. The molecule has 19 heavy (non-hydrogen) atoms. The monoisotopic (exact) mass is 266 g/mol. The van der Waals surface area contributed by atoms with E-state index < -0.39 is 0 Å². The number of rotatable bonds is 14. The molecule has 1 nitrogen and oxygen atoms in total. The lowest BCUT2D eigenvalue weighted by molar-refractivity contribution is 0.302. The van der Waals surface area contributed by atoms with Gasteiger partial charge in [-0.3, -0.25) is 0 Å². The molecule has 0 aliphatic heterocycles. The Morgan fingerprint density at radius 1 is 0.579 bits per heavy atom. The normalized spacial score (nSPS) is 11.9. The van der Waals surface area contributed by atoms with Gasteiger partial charge in [-0.25, -0.2) is 0 Å². The summed E-state index contributed by atoms with van der Waals surface area (Å²) in [6, 6.07) is 0. The zero-order chi connectivity index (χ0) is 14.0. The Hall–Kier alpha value is -0.560. The van der Waals surface area contributed by atoms with Gasteiger partial charge in [0.05, 0.1) is 0 Å². The molecule has 112 valence electrons.